The molecule has 2 aromatic rings. The molecule has 21 heavy (non-hydrogen) atoms. The van der Waals surface area contributed by atoms with Gasteiger partial charge in [0, 0.05) is 30.4 Å². The van der Waals surface area contributed by atoms with Gasteiger partial charge in [0.1, 0.15) is 5.75 Å². The summed E-state index contributed by atoms with van der Waals surface area (Å²) in [5.74, 6) is 0.605. The fraction of sp³-hybridized carbons (Fsp3) is 0.308. The van der Waals surface area contributed by atoms with Crippen molar-refractivity contribution in [2.45, 2.75) is 24.9 Å². The highest BCUT2D eigenvalue weighted by molar-refractivity contribution is 7.89. The maximum Gasteiger partial charge on any atom is 0.240 e. The highest BCUT2D eigenvalue weighted by Gasteiger charge is 2.16. The Morgan fingerprint density at radius 2 is 2.24 bits per heavy atom. The molecule has 0 aliphatic carbocycles. The number of hydrogen-bond donors (Lipinski definition) is 3. The third-order valence-electron chi connectivity index (χ3n) is 2.88. The molecule has 1 aromatic carbocycles. The van der Waals surface area contributed by atoms with Gasteiger partial charge in [0.05, 0.1) is 17.7 Å². The molecule has 1 aromatic heterocycles. The Balaban J connectivity index is 2.19. The number of rotatable bonds is 7. The number of ether oxygens (including phenoxy) is 1. The Morgan fingerprint density at radius 3 is 2.86 bits per heavy atom. The first-order chi connectivity index (χ1) is 10.1. The van der Waals surface area contributed by atoms with E-state index >= 15 is 0 Å². The van der Waals surface area contributed by atoms with E-state index in [0.717, 1.165) is 5.56 Å². The van der Waals surface area contributed by atoms with Crippen LogP contribution in [-0.4, -0.2) is 25.2 Å². The lowest BCUT2D eigenvalue weighted by atomic mass is 10.2. The van der Waals surface area contributed by atoms with Crippen LogP contribution >= 0.6 is 0 Å². The standard InChI is InChI=1S/C13H18N4O3S/c1-2-20-13-4-3-12(5-11(13)6-14)21(18,19)17-9-10-7-15-16-8-10/h3-5,7-8,17H,2,6,9,14H2,1H3,(H,15,16). The highest BCUT2D eigenvalue weighted by Crippen LogP contribution is 2.22. The zero-order valence-corrected chi connectivity index (χ0v) is 12.5. The second kappa shape index (κ2) is 6.70. The minimum Gasteiger partial charge on any atom is -0.494 e. The van der Waals surface area contributed by atoms with Crippen LogP contribution in [0.3, 0.4) is 0 Å². The molecule has 0 unspecified atom stereocenters. The van der Waals surface area contributed by atoms with Crippen molar-refractivity contribution in [2.75, 3.05) is 6.61 Å². The monoisotopic (exact) mass is 310 g/mol. The number of sulfonamides is 1. The molecule has 114 valence electrons. The van der Waals surface area contributed by atoms with Gasteiger partial charge in [0.25, 0.3) is 0 Å². The second-order valence-electron chi connectivity index (χ2n) is 4.34. The summed E-state index contributed by atoms with van der Waals surface area (Å²) in [7, 11) is -3.60. The summed E-state index contributed by atoms with van der Waals surface area (Å²) < 4.78 is 32.4. The van der Waals surface area contributed by atoms with E-state index in [1.807, 2.05) is 6.92 Å². The number of nitrogens with zero attached hydrogens (tertiary/aromatic N) is 1. The zero-order chi connectivity index (χ0) is 15.3. The molecule has 0 aliphatic rings. The molecule has 0 aliphatic heterocycles. The molecule has 0 fully saturated rings. The van der Waals surface area contributed by atoms with Crippen LogP contribution in [0.1, 0.15) is 18.1 Å². The maximum atomic E-state index is 12.2. The molecule has 8 heteroatoms. The van der Waals surface area contributed by atoms with Gasteiger partial charge in [-0.2, -0.15) is 5.10 Å². The maximum absolute atomic E-state index is 12.2. The lowest BCUT2D eigenvalue weighted by Crippen LogP contribution is -2.23. The molecular weight excluding hydrogens is 292 g/mol. The van der Waals surface area contributed by atoms with Gasteiger partial charge in [0.15, 0.2) is 0 Å². The highest BCUT2D eigenvalue weighted by atomic mass is 32.2. The minimum absolute atomic E-state index is 0.162. The molecule has 1 heterocycles. The predicted molar refractivity (Wildman–Crippen MR) is 78.1 cm³/mol. The van der Waals surface area contributed by atoms with Crippen LogP contribution in [-0.2, 0) is 23.1 Å². The average molecular weight is 310 g/mol. The molecule has 0 saturated carbocycles. The van der Waals surface area contributed by atoms with Crippen LogP contribution in [0.2, 0.25) is 0 Å². The normalized spacial score (nSPS) is 11.5. The van der Waals surface area contributed by atoms with Crippen LogP contribution < -0.4 is 15.2 Å². The predicted octanol–water partition coefficient (Wildman–Crippen LogP) is 0.746. The van der Waals surface area contributed by atoms with Crippen molar-refractivity contribution in [3.63, 3.8) is 0 Å². The van der Waals surface area contributed by atoms with Gasteiger partial charge in [-0.1, -0.05) is 0 Å². The summed E-state index contributed by atoms with van der Waals surface area (Å²) in [6.45, 7) is 2.74. The molecule has 2 rings (SSSR count). The van der Waals surface area contributed by atoms with Crippen molar-refractivity contribution >= 4 is 10.0 Å². The SMILES string of the molecule is CCOc1ccc(S(=O)(=O)NCc2cn[nH]c2)cc1CN. The van der Waals surface area contributed by atoms with E-state index < -0.39 is 10.0 Å². The van der Waals surface area contributed by atoms with Crippen molar-refractivity contribution in [1.29, 1.82) is 0 Å². The molecule has 0 radical (unpaired) electrons. The van der Waals surface area contributed by atoms with Gasteiger partial charge in [-0.05, 0) is 25.1 Å². The van der Waals surface area contributed by atoms with Crippen LogP contribution in [0.4, 0.5) is 0 Å². The molecule has 0 amide bonds. The summed E-state index contributed by atoms with van der Waals surface area (Å²) in [4.78, 5) is 0.162. The van der Waals surface area contributed by atoms with Gasteiger partial charge >= 0.3 is 0 Å². The Bertz CT molecular complexity index is 683. The number of H-pyrrole nitrogens is 1. The zero-order valence-electron chi connectivity index (χ0n) is 11.7. The van der Waals surface area contributed by atoms with Crippen LogP contribution in [0, 0.1) is 0 Å². The first-order valence-electron chi connectivity index (χ1n) is 6.50. The van der Waals surface area contributed by atoms with E-state index in [1.54, 1.807) is 18.5 Å². The Morgan fingerprint density at radius 1 is 1.43 bits per heavy atom. The topological polar surface area (TPSA) is 110 Å². The largest absolute Gasteiger partial charge is 0.494 e. The number of nitrogens with two attached hydrogens (primary N) is 1. The summed E-state index contributed by atoms with van der Waals surface area (Å²) in [5.41, 5.74) is 7.05. The lowest BCUT2D eigenvalue weighted by Gasteiger charge is -2.11. The number of aromatic nitrogens is 2. The third kappa shape index (κ3) is 3.81. The van der Waals surface area contributed by atoms with Crippen LogP contribution in [0.25, 0.3) is 0 Å². The average Bonchev–Trinajstić information content (AvgIpc) is 2.99. The number of nitrogens with one attached hydrogen (secondary N) is 2. The Labute approximate surface area is 123 Å². The molecule has 0 spiro atoms. The molecule has 0 atom stereocenters. The number of aromatic amines is 1. The van der Waals surface area contributed by atoms with Gasteiger partial charge in [-0.25, -0.2) is 13.1 Å². The van der Waals surface area contributed by atoms with Crippen LogP contribution in [0.15, 0.2) is 35.5 Å². The van der Waals surface area contributed by atoms with E-state index in [0.29, 0.717) is 17.9 Å². The first-order valence-corrected chi connectivity index (χ1v) is 7.98. The molecule has 7 nitrogen and oxygen atoms in total. The van der Waals surface area contributed by atoms with Crippen LogP contribution in [0.5, 0.6) is 5.75 Å². The molecule has 0 bridgehead atoms. The quantitative estimate of drug-likeness (QED) is 0.699. The number of hydrogen-bond acceptors (Lipinski definition) is 5. The molecule has 0 saturated heterocycles. The van der Waals surface area contributed by atoms with E-state index in [9.17, 15) is 8.42 Å². The summed E-state index contributed by atoms with van der Waals surface area (Å²) in [6.07, 6.45) is 3.19. The summed E-state index contributed by atoms with van der Waals surface area (Å²) in [6, 6.07) is 4.66. The summed E-state index contributed by atoms with van der Waals surface area (Å²) in [5, 5.41) is 6.39. The van der Waals surface area contributed by atoms with Crippen molar-refractivity contribution in [3.8, 4) is 5.75 Å². The minimum atomic E-state index is -3.60. The Kier molecular flexibility index (Phi) is 4.94. The van der Waals surface area contributed by atoms with Crippen molar-refractivity contribution in [3.05, 3.63) is 41.7 Å². The van der Waals surface area contributed by atoms with E-state index in [1.165, 1.54) is 12.1 Å². The van der Waals surface area contributed by atoms with E-state index in [4.69, 9.17) is 10.5 Å². The van der Waals surface area contributed by atoms with Gasteiger partial charge in [0.2, 0.25) is 10.0 Å². The van der Waals surface area contributed by atoms with Crippen molar-refractivity contribution in [2.24, 2.45) is 5.73 Å². The summed E-state index contributed by atoms with van der Waals surface area (Å²) >= 11 is 0. The van der Waals surface area contributed by atoms with Gasteiger partial charge in [-0.15, -0.1) is 0 Å². The van der Waals surface area contributed by atoms with Crippen molar-refractivity contribution < 1.29 is 13.2 Å². The van der Waals surface area contributed by atoms with E-state index in [2.05, 4.69) is 14.9 Å². The molecule has 4 N–H and O–H groups in total. The van der Waals surface area contributed by atoms with E-state index in [-0.39, 0.29) is 18.0 Å². The fourth-order valence-electron chi connectivity index (χ4n) is 1.81. The Hall–Kier alpha value is -1.90. The molecular formula is C13H18N4O3S. The van der Waals surface area contributed by atoms with Crippen molar-refractivity contribution in [1.82, 2.24) is 14.9 Å². The lowest BCUT2D eigenvalue weighted by molar-refractivity contribution is 0.336. The number of benzene rings is 1. The second-order valence-corrected chi connectivity index (χ2v) is 6.10. The van der Waals surface area contributed by atoms with Gasteiger partial charge in [-0.3, -0.25) is 5.10 Å². The third-order valence-corrected chi connectivity index (χ3v) is 4.28. The van der Waals surface area contributed by atoms with Gasteiger partial charge < -0.3 is 10.5 Å². The first kappa shape index (κ1) is 15.5. The smallest absolute Gasteiger partial charge is 0.240 e. The fourth-order valence-corrected chi connectivity index (χ4v) is 2.88.